The minimum atomic E-state index is -5.08. The van der Waals surface area contributed by atoms with Gasteiger partial charge in [0.2, 0.25) is 6.79 Å². The van der Waals surface area contributed by atoms with E-state index < -0.39 is 12.1 Å². The Hall–Kier alpha value is -5.85. The predicted molar refractivity (Wildman–Crippen MR) is 204 cm³/mol. The number of ether oxygens (including phenoxy) is 2. The molecule has 0 radical (unpaired) electrons. The molecule has 2 aliphatic heterocycles. The van der Waals surface area contributed by atoms with Gasteiger partial charge in [0.05, 0.1) is 0 Å². The second-order valence-corrected chi connectivity index (χ2v) is 13.4. The summed E-state index contributed by atoms with van der Waals surface area (Å²) in [6.45, 7) is 5.19. The molecule has 2 aliphatic rings. The van der Waals surface area contributed by atoms with Gasteiger partial charge in [-0.3, -0.25) is 4.90 Å². The average molecular weight is 753 g/mol. The third-order valence-electron chi connectivity index (χ3n) is 9.41. The molecule has 0 saturated carbocycles. The zero-order valence-corrected chi connectivity index (χ0v) is 30.2. The summed E-state index contributed by atoms with van der Waals surface area (Å²) in [6.07, 6.45) is -3.20. The molecule has 2 heterocycles. The van der Waals surface area contributed by atoms with Gasteiger partial charge in [0, 0.05) is 51.0 Å². The predicted octanol–water partition coefficient (Wildman–Crippen LogP) is 8.70. The van der Waals surface area contributed by atoms with Gasteiger partial charge in [-0.25, -0.2) is 9.59 Å². The Kier molecular flexibility index (Phi) is 13.0. The zero-order chi connectivity index (χ0) is 38.6. The summed E-state index contributed by atoms with van der Waals surface area (Å²) >= 11 is 0. The van der Waals surface area contributed by atoms with Crippen LogP contribution < -0.4 is 20.1 Å². The normalized spacial score (nSPS) is 14.1. The summed E-state index contributed by atoms with van der Waals surface area (Å²) in [5.41, 5.74) is 7.94. The molecular weight excluding hydrogens is 709 g/mol. The molecule has 286 valence electrons. The molecule has 1 fully saturated rings. The van der Waals surface area contributed by atoms with Gasteiger partial charge in [-0.15, -0.1) is 0 Å². The summed E-state index contributed by atoms with van der Waals surface area (Å²) in [5, 5.41) is 13.8. The number of nitrogens with one attached hydrogen (secondary N) is 2. The van der Waals surface area contributed by atoms with Crippen LogP contribution in [0, 0.1) is 0 Å². The smallest absolute Gasteiger partial charge is 0.475 e. The van der Waals surface area contributed by atoms with Crippen LogP contribution >= 0.6 is 0 Å². The standard InChI is InChI=1S/C41H42N4O3.C2HF3O2/c46-41(43-37-15-5-2-6-16-37)45(38-19-21-44(22-20-38)28-31-9-3-1-4-10-31)29-34-12-8-14-36(24-34)35-13-7-11-32(23-35)26-42-27-33-17-18-39-40(25-33)48-30-47-39;3-2(4,5)1(6)7/h1-18,23-25,38,42H,19-22,26-30H2,(H,43,46);(H,6,7). The molecular formula is C43H43F3N4O5. The van der Waals surface area contributed by atoms with E-state index in [0.717, 1.165) is 85.0 Å². The van der Waals surface area contributed by atoms with E-state index in [1.807, 2.05) is 47.4 Å². The van der Waals surface area contributed by atoms with E-state index in [4.69, 9.17) is 19.4 Å². The van der Waals surface area contributed by atoms with Crippen molar-refractivity contribution in [3.63, 3.8) is 0 Å². The Labute approximate surface area is 318 Å². The number of para-hydroxylation sites is 1. The number of carboxylic acid groups (broad SMARTS) is 1. The van der Waals surface area contributed by atoms with Gasteiger partial charge in [0.25, 0.3) is 0 Å². The van der Waals surface area contributed by atoms with E-state index in [-0.39, 0.29) is 18.9 Å². The molecule has 0 bridgehead atoms. The molecule has 5 aromatic carbocycles. The lowest BCUT2D eigenvalue weighted by molar-refractivity contribution is -0.192. The van der Waals surface area contributed by atoms with Crippen molar-refractivity contribution in [2.24, 2.45) is 0 Å². The maximum absolute atomic E-state index is 13.8. The number of piperidine rings is 1. The summed E-state index contributed by atoms with van der Waals surface area (Å²) in [7, 11) is 0. The molecule has 3 N–H and O–H groups in total. The number of urea groups is 1. The summed E-state index contributed by atoms with van der Waals surface area (Å²) < 4.78 is 42.7. The molecule has 7 rings (SSSR count). The van der Waals surface area contributed by atoms with E-state index in [2.05, 4.69) is 100 Å². The fourth-order valence-electron chi connectivity index (χ4n) is 6.62. The minimum Gasteiger partial charge on any atom is -0.475 e. The van der Waals surface area contributed by atoms with Crippen LogP contribution in [0.1, 0.15) is 35.1 Å². The first-order chi connectivity index (χ1) is 26.6. The van der Waals surface area contributed by atoms with Crippen LogP contribution in [0.25, 0.3) is 11.1 Å². The first kappa shape index (κ1) is 38.9. The van der Waals surface area contributed by atoms with Gasteiger partial charge in [0.1, 0.15) is 0 Å². The van der Waals surface area contributed by atoms with E-state index in [0.29, 0.717) is 6.54 Å². The number of hydrogen-bond donors (Lipinski definition) is 3. The number of alkyl halides is 3. The molecule has 2 amide bonds. The van der Waals surface area contributed by atoms with Crippen molar-refractivity contribution >= 4 is 17.7 Å². The van der Waals surface area contributed by atoms with Crippen molar-refractivity contribution in [3.8, 4) is 22.6 Å². The fourth-order valence-corrected chi connectivity index (χ4v) is 6.62. The molecule has 5 aromatic rings. The van der Waals surface area contributed by atoms with Gasteiger partial charge < -0.3 is 30.1 Å². The number of rotatable bonds is 11. The van der Waals surface area contributed by atoms with Gasteiger partial charge >= 0.3 is 18.2 Å². The highest BCUT2D eigenvalue weighted by Crippen LogP contribution is 2.32. The van der Waals surface area contributed by atoms with Crippen LogP contribution in [0.15, 0.2) is 127 Å². The minimum absolute atomic E-state index is 0.0522. The molecule has 9 nitrogen and oxygen atoms in total. The Morgan fingerprint density at radius 2 is 1.27 bits per heavy atom. The van der Waals surface area contributed by atoms with Crippen molar-refractivity contribution in [3.05, 3.63) is 150 Å². The number of anilines is 1. The largest absolute Gasteiger partial charge is 0.490 e. The van der Waals surface area contributed by atoms with E-state index in [9.17, 15) is 18.0 Å². The van der Waals surface area contributed by atoms with Crippen LogP contribution in [-0.2, 0) is 31.0 Å². The Morgan fingerprint density at radius 1 is 0.709 bits per heavy atom. The maximum Gasteiger partial charge on any atom is 0.490 e. The van der Waals surface area contributed by atoms with Crippen LogP contribution in [0.3, 0.4) is 0 Å². The lowest BCUT2D eigenvalue weighted by Crippen LogP contribution is -2.48. The molecule has 0 aliphatic carbocycles. The van der Waals surface area contributed by atoms with Crippen LogP contribution in [0.4, 0.5) is 23.7 Å². The molecule has 0 unspecified atom stereocenters. The number of likely N-dealkylation sites (tertiary alicyclic amines) is 1. The van der Waals surface area contributed by atoms with Gasteiger partial charge in [-0.05, 0) is 82.6 Å². The van der Waals surface area contributed by atoms with Crippen LogP contribution in [0.2, 0.25) is 0 Å². The lowest BCUT2D eigenvalue weighted by atomic mass is 9.99. The van der Waals surface area contributed by atoms with Gasteiger partial charge in [-0.1, -0.05) is 91.0 Å². The van der Waals surface area contributed by atoms with Crippen LogP contribution in [-0.4, -0.2) is 59.0 Å². The van der Waals surface area contributed by atoms with Crippen molar-refractivity contribution < 1.29 is 37.3 Å². The van der Waals surface area contributed by atoms with Crippen LogP contribution in [0.5, 0.6) is 11.5 Å². The maximum atomic E-state index is 13.8. The number of nitrogens with zero attached hydrogens (tertiary/aromatic N) is 2. The van der Waals surface area contributed by atoms with Crippen molar-refractivity contribution in [1.82, 2.24) is 15.1 Å². The van der Waals surface area contributed by atoms with E-state index in [1.165, 1.54) is 11.1 Å². The number of aliphatic carboxylic acids is 1. The third kappa shape index (κ3) is 11.3. The third-order valence-corrected chi connectivity index (χ3v) is 9.41. The number of halogens is 3. The first-order valence-corrected chi connectivity index (χ1v) is 18.1. The number of benzene rings is 5. The van der Waals surface area contributed by atoms with Crippen molar-refractivity contribution in [2.75, 3.05) is 25.2 Å². The Bertz CT molecular complexity index is 2020. The fraction of sp³-hybridized carbons (Fsp3) is 0.256. The Balaban J connectivity index is 0.000000672. The number of amides is 2. The monoisotopic (exact) mass is 752 g/mol. The highest BCUT2D eigenvalue weighted by Gasteiger charge is 2.38. The SMILES string of the molecule is O=C(Nc1ccccc1)N(Cc1cccc(-c2cccc(CNCc3ccc4c(c3)OCO4)c2)c1)C1CCN(Cc2ccccc2)CC1.O=C(O)C(F)(F)F. The second-order valence-electron chi connectivity index (χ2n) is 13.4. The van der Waals surface area contributed by atoms with Crippen molar-refractivity contribution in [2.45, 2.75) is 51.2 Å². The Morgan fingerprint density at radius 3 is 1.93 bits per heavy atom. The topological polar surface area (TPSA) is 103 Å². The number of carboxylic acids is 1. The first-order valence-electron chi connectivity index (χ1n) is 18.1. The average Bonchev–Trinajstić information content (AvgIpc) is 3.67. The van der Waals surface area contributed by atoms with E-state index >= 15 is 0 Å². The molecule has 55 heavy (non-hydrogen) atoms. The number of fused-ring (bicyclic) bond motifs is 1. The molecule has 1 saturated heterocycles. The number of hydrogen-bond acceptors (Lipinski definition) is 6. The quantitative estimate of drug-likeness (QED) is 0.124. The lowest BCUT2D eigenvalue weighted by Gasteiger charge is -2.38. The van der Waals surface area contributed by atoms with E-state index in [1.54, 1.807) is 0 Å². The summed E-state index contributed by atoms with van der Waals surface area (Å²) in [5.74, 6) is -1.15. The molecule has 0 spiro atoms. The van der Waals surface area contributed by atoms with Crippen molar-refractivity contribution in [1.29, 1.82) is 0 Å². The number of carbonyl (C=O) groups excluding carboxylic acids is 1. The molecule has 0 aromatic heterocycles. The highest BCUT2D eigenvalue weighted by molar-refractivity contribution is 5.89. The highest BCUT2D eigenvalue weighted by atomic mass is 19.4. The van der Waals surface area contributed by atoms with Gasteiger partial charge in [0.15, 0.2) is 11.5 Å². The zero-order valence-electron chi connectivity index (χ0n) is 30.2. The van der Waals surface area contributed by atoms with Gasteiger partial charge in [-0.2, -0.15) is 13.2 Å². The number of carbonyl (C=O) groups is 2. The molecule has 0 atom stereocenters. The summed E-state index contributed by atoms with van der Waals surface area (Å²) in [6, 6.07) is 43.8. The summed E-state index contributed by atoms with van der Waals surface area (Å²) in [4.78, 5) is 27.3. The molecule has 12 heteroatoms. The second kappa shape index (κ2) is 18.5.